The zero-order valence-electron chi connectivity index (χ0n) is 15.0. The van der Waals surface area contributed by atoms with Gasteiger partial charge in [-0.05, 0) is 24.6 Å². The van der Waals surface area contributed by atoms with Gasteiger partial charge in [0, 0.05) is 4.92 Å². The molecule has 0 radical (unpaired) electrons. The molecule has 0 aliphatic carbocycles. The summed E-state index contributed by atoms with van der Waals surface area (Å²) in [5.41, 5.74) is 0. The number of rotatable bonds is 9. The van der Waals surface area contributed by atoms with Gasteiger partial charge in [0.1, 0.15) is 6.10 Å². The highest BCUT2D eigenvalue weighted by atomic mass is 28.4. The zero-order valence-corrected chi connectivity index (χ0v) is 16.0. The predicted octanol–water partition coefficient (Wildman–Crippen LogP) is 5.55. The molecule has 0 aromatic heterocycles. The summed E-state index contributed by atoms with van der Waals surface area (Å²) in [4.78, 5) is 9.79. The summed E-state index contributed by atoms with van der Waals surface area (Å²) in [5, 5.41) is 10.7. The van der Waals surface area contributed by atoms with Gasteiger partial charge in [-0.1, -0.05) is 53.4 Å². The second-order valence-electron chi connectivity index (χ2n) is 7.54. The van der Waals surface area contributed by atoms with Crippen molar-refractivity contribution in [1.82, 2.24) is 0 Å². The molecule has 0 aromatic carbocycles. The molecular weight excluding hydrogens is 327 g/mol. The molecule has 0 saturated heterocycles. The van der Waals surface area contributed by atoms with E-state index in [9.17, 15) is 23.3 Å². The fourth-order valence-electron chi connectivity index (χ4n) is 2.07. The van der Waals surface area contributed by atoms with Gasteiger partial charge in [-0.2, -0.15) is 13.2 Å². The van der Waals surface area contributed by atoms with Crippen LogP contribution in [0.5, 0.6) is 0 Å². The predicted molar refractivity (Wildman–Crippen MR) is 87.7 cm³/mol. The summed E-state index contributed by atoms with van der Waals surface area (Å²) in [6.07, 6.45) is -3.13. The lowest BCUT2D eigenvalue weighted by molar-refractivity contribution is -0.573. The van der Waals surface area contributed by atoms with E-state index in [2.05, 4.69) is 0 Å². The third-order valence-electron chi connectivity index (χ3n) is 4.51. The van der Waals surface area contributed by atoms with E-state index in [1.807, 2.05) is 40.8 Å². The van der Waals surface area contributed by atoms with E-state index >= 15 is 0 Å². The quantitative estimate of drug-likeness (QED) is 0.235. The molecule has 0 amide bonds. The van der Waals surface area contributed by atoms with Crippen LogP contribution < -0.4 is 0 Å². The first-order valence-electron chi connectivity index (χ1n) is 8.12. The Balaban J connectivity index is 5.33. The maximum absolute atomic E-state index is 13.2. The standard InChI is InChI=1S/C15H30F3NO3Si/c1-7-8-9-10-11-12(13(19(20)21)15(16,17)18)22-23(5,6)14(2,3)4/h12-13H,7-11H2,1-6H3/t12-,13+/m1/s1. The van der Waals surface area contributed by atoms with E-state index in [1.165, 1.54) is 0 Å². The number of hydrogen-bond acceptors (Lipinski definition) is 3. The van der Waals surface area contributed by atoms with Crippen LogP contribution in [0.4, 0.5) is 13.2 Å². The molecule has 0 bridgehead atoms. The van der Waals surface area contributed by atoms with Gasteiger partial charge in [-0.3, -0.25) is 10.1 Å². The normalized spacial score (nSPS) is 16.2. The van der Waals surface area contributed by atoms with Crippen molar-refractivity contribution in [2.75, 3.05) is 0 Å². The van der Waals surface area contributed by atoms with Crippen molar-refractivity contribution in [2.24, 2.45) is 0 Å². The molecule has 2 atom stereocenters. The topological polar surface area (TPSA) is 52.4 Å². The van der Waals surface area contributed by atoms with E-state index < -0.39 is 31.6 Å². The van der Waals surface area contributed by atoms with Crippen molar-refractivity contribution in [3.63, 3.8) is 0 Å². The van der Waals surface area contributed by atoms with Gasteiger partial charge >= 0.3 is 12.2 Å². The average Bonchev–Trinajstić information content (AvgIpc) is 2.30. The third kappa shape index (κ3) is 7.20. The van der Waals surface area contributed by atoms with Crippen LogP contribution in [-0.4, -0.2) is 31.6 Å². The Morgan fingerprint density at radius 1 is 1.13 bits per heavy atom. The van der Waals surface area contributed by atoms with Gasteiger partial charge in [0.2, 0.25) is 0 Å². The van der Waals surface area contributed by atoms with Crippen molar-refractivity contribution in [1.29, 1.82) is 0 Å². The van der Waals surface area contributed by atoms with Crippen molar-refractivity contribution in [3.05, 3.63) is 10.1 Å². The van der Waals surface area contributed by atoms with Gasteiger partial charge in [0.25, 0.3) is 0 Å². The van der Waals surface area contributed by atoms with Gasteiger partial charge in [0.05, 0.1) is 0 Å². The van der Waals surface area contributed by atoms with E-state index in [1.54, 1.807) is 0 Å². The molecule has 0 saturated carbocycles. The highest BCUT2D eigenvalue weighted by Crippen LogP contribution is 2.40. The highest BCUT2D eigenvalue weighted by Gasteiger charge is 2.56. The summed E-state index contributed by atoms with van der Waals surface area (Å²) in [6, 6.07) is -2.65. The van der Waals surface area contributed by atoms with Crippen LogP contribution in [0.3, 0.4) is 0 Å². The third-order valence-corrected chi connectivity index (χ3v) is 9.01. The molecular formula is C15H30F3NO3Si. The number of unbranched alkanes of at least 4 members (excludes halogenated alkanes) is 3. The highest BCUT2D eigenvalue weighted by molar-refractivity contribution is 6.74. The second-order valence-corrected chi connectivity index (χ2v) is 12.3. The van der Waals surface area contributed by atoms with Crippen molar-refractivity contribution in [2.45, 2.75) is 96.3 Å². The molecule has 0 fully saturated rings. The smallest absolute Gasteiger partial charge is 0.407 e. The number of halogens is 3. The Labute approximate surface area is 138 Å². The fourth-order valence-corrected chi connectivity index (χ4v) is 3.43. The maximum Gasteiger partial charge on any atom is 0.460 e. The largest absolute Gasteiger partial charge is 0.460 e. The molecule has 138 valence electrons. The molecule has 0 rings (SSSR count). The van der Waals surface area contributed by atoms with Gasteiger partial charge < -0.3 is 4.43 Å². The summed E-state index contributed by atoms with van der Waals surface area (Å²) in [5.74, 6) is 0. The lowest BCUT2D eigenvalue weighted by Crippen LogP contribution is -2.53. The molecule has 0 aliphatic heterocycles. The number of nitro groups is 1. The van der Waals surface area contributed by atoms with Crippen LogP contribution in [0.1, 0.15) is 59.8 Å². The molecule has 0 aliphatic rings. The second kappa shape index (κ2) is 8.46. The average molecular weight is 357 g/mol. The monoisotopic (exact) mass is 357 g/mol. The van der Waals surface area contributed by atoms with Crippen LogP contribution in [0.15, 0.2) is 0 Å². The van der Waals surface area contributed by atoms with Crippen LogP contribution >= 0.6 is 0 Å². The molecule has 0 N–H and O–H groups in total. The molecule has 8 heteroatoms. The van der Waals surface area contributed by atoms with Crippen LogP contribution in [-0.2, 0) is 4.43 Å². The van der Waals surface area contributed by atoms with E-state index in [4.69, 9.17) is 4.43 Å². The van der Waals surface area contributed by atoms with Crippen LogP contribution in [0.25, 0.3) is 0 Å². The fraction of sp³-hybridized carbons (Fsp3) is 1.00. The van der Waals surface area contributed by atoms with Gasteiger partial charge in [-0.15, -0.1) is 0 Å². The van der Waals surface area contributed by atoms with Crippen molar-refractivity contribution in [3.8, 4) is 0 Å². The maximum atomic E-state index is 13.2. The minimum absolute atomic E-state index is 0.0671. The molecule has 0 heterocycles. The minimum Gasteiger partial charge on any atom is -0.407 e. The zero-order chi connectivity index (χ0) is 18.5. The first-order valence-corrected chi connectivity index (χ1v) is 11.0. The Hall–Kier alpha value is -0.633. The lowest BCUT2D eigenvalue weighted by Gasteiger charge is -2.39. The first kappa shape index (κ1) is 22.4. The van der Waals surface area contributed by atoms with E-state index in [0.717, 1.165) is 19.3 Å². The summed E-state index contributed by atoms with van der Waals surface area (Å²) in [7, 11) is -2.53. The number of nitrogens with zero attached hydrogens (tertiary/aromatic N) is 1. The Kier molecular flexibility index (Phi) is 8.23. The molecule has 23 heavy (non-hydrogen) atoms. The van der Waals surface area contributed by atoms with Gasteiger partial charge in [-0.25, -0.2) is 0 Å². The van der Waals surface area contributed by atoms with E-state index in [0.29, 0.717) is 6.42 Å². The Bertz CT molecular complexity index is 381. The van der Waals surface area contributed by atoms with Crippen LogP contribution in [0.2, 0.25) is 18.1 Å². The summed E-state index contributed by atoms with van der Waals surface area (Å²) in [6.45, 7) is 11.4. The first-order chi connectivity index (χ1) is 10.2. The summed E-state index contributed by atoms with van der Waals surface area (Å²) < 4.78 is 45.3. The van der Waals surface area contributed by atoms with Crippen molar-refractivity contribution >= 4 is 8.32 Å². The Morgan fingerprint density at radius 2 is 1.65 bits per heavy atom. The minimum atomic E-state index is -4.90. The lowest BCUT2D eigenvalue weighted by atomic mass is 10.0. The Morgan fingerprint density at radius 3 is 2.00 bits per heavy atom. The molecule has 0 spiro atoms. The van der Waals surface area contributed by atoms with Crippen LogP contribution in [0, 0.1) is 10.1 Å². The van der Waals surface area contributed by atoms with Crippen molar-refractivity contribution < 1.29 is 22.5 Å². The molecule has 4 nitrogen and oxygen atoms in total. The molecule has 0 aromatic rings. The molecule has 0 unspecified atom stereocenters. The number of hydrogen-bond donors (Lipinski definition) is 0. The summed E-state index contributed by atoms with van der Waals surface area (Å²) >= 11 is 0. The SMILES string of the molecule is CCCCCC[C@@H](O[Si](C)(C)C(C)(C)C)[C@H]([N+](=O)[O-])C(F)(F)F. The van der Waals surface area contributed by atoms with Gasteiger partial charge in [0.15, 0.2) is 8.32 Å². The van der Waals surface area contributed by atoms with E-state index in [-0.39, 0.29) is 11.5 Å². The number of alkyl halides is 3.